The zero-order valence-corrected chi connectivity index (χ0v) is 12.1. The van der Waals surface area contributed by atoms with Gasteiger partial charge in [0.1, 0.15) is 6.54 Å². The summed E-state index contributed by atoms with van der Waals surface area (Å²) in [5.74, 6) is -0.718. The van der Waals surface area contributed by atoms with Gasteiger partial charge in [-0.15, -0.1) is 0 Å². The molecule has 1 N–H and O–H groups in total. The van der Waals surface area contributed by atoms with Crippen LogP contribution < -0.4 is 5.32 Å². The molecule has 0 bridgehead atoms. The maximum atomic E-state index is 11.8. The summed E-state index contributed by atoms with van der Waals surface area (Å²) in [5.41, 5.74) is 0. The second kappa shape index (κ2) is 7.18. The number of carbonyl (C=O) groups excluding carboxylic acids is 3. The smallest absolute Gasteiger partial charge is 0.333 e. The Bertz CT molecular complexity index is 409. The van der Waals surface area contributed by atoms with Gasteiger partial charge in [0, 0.05) is 6.04 Å². The first-order valence-corrected chi connectivity index (χ1v) is 6.98. The van der Waals surface area contributed by atoms with Gasteiger partial charge in [0.2, 0.25) is 11.8 Å². The van der Waals surface area contributed by atoms with Crippen LogP contribution in [0.15, 0.2) is 11.1 Å². The van der Waals surface area contributed by atoms with E-state index in [2.05, 4.69) is 10.1 Å². The molecule has 1 aliphatic rings. The number of hydrogen-bond donors (Lipinski definition) is 1. The van der Waals surface area contributed by atoms with Crippen molar-refractivity contribution in [1.82, 2.24) is 10.2 Å². The number of nitrogens with one attached hydrogen (secondary N) is 1. The van der Waals surface area contributed by atoms with Crippen LogP contribution in [0.4, 0.5) is 0 Å². The highest BCUT2D eigenvalue weighted by Crippen LogP contribution is 2.28. The highest BCUT2D eigenvalue weighted by Gasteiger charge is 2.29. The predicted molar refractivity (Wildman–Crippen MR) is 72.2 cm³/mol. The van der Waals surface area contributed by atoms with Crippen molar-refractivity contribution in [1.29, 1.82) is 0 Å². The molecule has 0 saturated carbocycles. The first-order valence-electron chi connectivity index (χ1n) is 6.00. The van der Waals surface area contributed by atoms with Crippen LogP contribution in [0.3, 0.4) is 0 Å². The lowest BCUT2D eigenvalue weighted by atomic mass is 10.2. The van der Waals surface area contributed by atoms with Gasteiger partial charge in [-0.2, -0.15) is 0 Å². The molecule has 0 aromatic heterocycles. The molecule has 1 aliphatic heterocycles. The van der Waals surface area contributed by atoms with E-state index in [1.807, 2.05) is 13.8 Å². The lowest BCUT2D eigenvalue weighted by Gasteiger charge is -2.18. The van der Waals surface area contributed by atoms with Gasteiger partial charge >= 0.3 is 5.97 Å². The van der Waals surface area contributed by atoms with E-state index in [0.717, 1.165) is 6.42 Å². The first-order chi connectivity index (χ1) is 8.97. The molecule has 6 nitrogen and oxygen atoms in total. The van der Waals surface area contributed by atoms with Gasteiger partial charge < -0.3 is 10.1 Å². The van der Waals surface area contributed by atoms with Gasteiger partial charge in [0.05, 0.1) is 24.0 Å². The van der Waals surface area contributed by atoms with E-state index in [9.17, 15) is 14.4 Å². The largest absolute Gasteiger partial charge is 0.466 e. The minimum absolute atomic E-state index is 0.0610. The Balaban J connectivity index is 2.68. The Morgan fingerprint density at radius 3 is 2.84 bits per heavy atom. The topological polar surface area (TPSA) is 75.7 Å². The molecular formula is C12H18N2O4S. The normalized spacial score (nSPS) is 18.6. The zero-order chi connectivity index (χ0) is 14.4. The number of methoxy groups -OCH3 is 1. The van der Waals surface area contributed by atoms with E-state index in [0.29, 0.717) is 5.03 Å². The van der Waals surface area contributed by atoms with Crippen molar-refractivity contribution < 1.29 is 19.1 Å². The van der Waals surface area contributed by atoms with Crippen LogP contribution in [0.25, 0.3) is 0 Å². The van der Waals surface area contributed by atoms with Crippen LogP contribution >= 0.6 is 11.8 Å². The number of nitrogens with zero attached hydrogens (tertiary/aromatic N) is 1. The van der Waals surface area contributed by atoms with Gasteiger partial charge in [0.15, 0.2) is 0 Å². The molecule has 0 unspecified atom stereocenters. The summed E-state index contributed by atoms with van der Waals surface area (Å²) in [6, 6.07) is 0.0610. The molecule has 1 fully saturated rings. The average molecular weight is 286 g/mol. The van der Waals surface area contributed by atoms with Gasteiger partial charge in [-0.3, -0.25) is 14.5 Å². The van der Waals surface area contributed by atoms with Gasteiger partial charge in [-0.1, -0.05) is 18.7 Å². The fraction of sp³-hybridized carbons (Fsp3) is 0.583. The molecule has 106 valence electrons. The molecule has 19 heavy (non-hydrogen) atoms. The fourth-order valence-electron chi connectivity index (χ4n) is 1.43. The summed E-state index contributed by atoms with van der Waals surface area (Å²) in [5, 5.41) is 3.23. The number of ether oxygens (including phenoxy) is 1. The number of amides is 2. The van der Waals surface area contributed by atoms with Crippen LogP contribution in [0.2, 0.25) is 0 Å². The summed E-state index contributed by atoms with van der Waals surface area (Å²) in [6.07, 6.45) is 2.05. The third-order valence-corrected chi connectivity index (χ3v) is 3.70. The summed E-state index contributed by atoms with van der Waals surface area (Å²) < 4.78 is 4.52. The summed E-state index contributed by atoms with van der Waals surface area (Å²) in [7, 11) is 1.26. The molecule has 2 amide bonds. The van der Waals surface area contributed by atoms with E-state index in [4.69, 9.17) is 0 Å². The number of carbonyl (C=O) groups is 3. The van der Waals surface area contributed by atoms with Crippen molar-refractivity contribution in [3.05, 3.63) is 11.1 Å². The van der Waals surface area contributed by atoms with E-state index in [1.54, 1.807) is 0 Å². The minimum Gasteiger partial charge on any atom is -0.466 e. The molecule has 0 radical (unpaired) electrons. The number of hydrogen-bond acceptors (Lipinski definition) is 5. The van der Waals surface area contributed by atoms with Crippen LogP contribution in [0.1, 0.15) is 20.3 Å². The fourth-order valence-corrected chi connectivity index (χ4v) is 2.35. The van der Waals surface area contributed by atoms with Crippen molar-refractivity contribution in [2.75, 3.05) is 19.4 Å². The Hall–Kier alpha value is -1.50. The third-order valence-electron chi connectivity index (χ3n) is 2.67. The van der Waals surface area contributed by atoms with Crippen LogP contribution in [-0.2, 0) is 19.1 Å². The van der Waals surface area contributed by atoms with Crippen LogP contribution in [0, 0.1) is 0 Å². The number of rotatable bonds is 5. The zero-order valence-electron chi connectivity index (χ0n) is 11.3. The maximum absolute atomic E-state index is 11.8. The quantitative estimate of drug-likeness (QED) is 0.588. The Kier molecular flexibility index (Phi) is 5.88. The van der Waals surface area contributed by atoms with Gasteiger partial charge in [0.25, 0.3) is 0 Å². The van der Waals surface area contributed by atoms with E-state index >= 15 is 0 Å². The molecule has 1 heterocycles. The van der Waals surface area contributed by atoms with E-state index in [-0.39, 0.29) is 30.2 Å². The van der Waals surface area contributed by atoms with Crippen molar-refractivity contribution in [2.24, 2.45) is 0 Å². The third kappa shape index (κ3) is 4.59. The van der Waals surface area contributed by atoms with Crippen molar-refractivity contribution >= 4 is 29.5 Å². The molecule has 0 aromatic rings. The minimum atomic E-state index is -0.537. The van der Waals surface area contributed by atoms with E-state index in [1.165, 1.54) is 29.8 Å². The second-order valence-corrected chi connectivity index (χ2v) is 5.15. The van der Waals surface area contributed by atoms with Gasteiger partial charge in [-0.05, 0) is 13.3 Å². The van der Waals surface area contributed by atoms with E-state index < -0.39 is 5.97 Å². The highest BCUT2D eigenvalue weighted by atomic mass is 32.2. The van der Waals surface area contributed by atoms with Crippen molar-refractivity contribution in [3.8, 4) is 0 Å². The highest BCUT2D eigenvalue weighted by molar-refractivity contribution is 8.04. The van der Waals surface area contributed by atoms with Gasteiger partial charge in [-0.25, -0.2) is 4.79 Å². The molecule has 7 heteroatoms. The molecule has 0 aromatic carbocycles. The average Bonchev–Trinajstić information content (AvgIpc) is 2.71. The maximum Gasteiger partial charge on any atom is 0.333 e. The Labute approximate surface area is 116 Å². The van der Waals surface area contributed by atoms with Crippen molar-refractivity contribution in [3.63, 3.8) is 0 Å². The summed E-state index contributed by atoms with van der Waals surface area (Å²) in [4.78, 5) is 35.9. The molecule has 1 rings (SSSR count). The molecule has 0 aliphatic carbocycles. The standard InChI is InChI=1S/C12H18N2O4S/c1-4-8(2)13-9(15)6-14-10(16)7-19-11(14)5-12(17)18-3/h5,8H,4,6-7H2,1-3H3,(H,13,15)/b11-5-/t8-/m0/s1. The second-order valence-electron chi connectivity index (χ2n) is 4.15. The predicted octanol–water partition coefficient (Wildman–Crippen LogP) is 0.491. The molecule has 1 saturated heterocycles. The lowest BCUT2D eigenvalue weighted by Crippen LogP contribution is -2.41. The SMILES string of the molecule is CC[C@H](C)NC(=O)CN1C(=O)CS/C1=C\C(=O)OC. The Morgan fingerprint density at radius 1 is 1.58 bits per heavy atom. The summed E-state index contributed by atoms with van der Waals surface area (Å²) >= 11 is 1.23. The number of esters is 1. The van der Waals surface area contributed by atoms with Crippen LogP contribution in [-0.4, -0.2) is 48.1 Å². The monoisotopic (exact) mass is 286 g/mol. The first kappa shape index (κ1) is 15.6. The molecule has 0 spiro atoms. The lowest BCUT2D eigenvalue weighted by molar-refractivity contribution is -0.135. The summed E-state index contributed by atoms with van der Waals surface area (Å²) in [6.45, 7) is 3.78. The van der Waals surface area contributed by atoms with Crippen molar-refractivity contribution in [2.45, 2.75) is 26.3 Å². The molecular weight excluding hydrogens is 268 g/mol. The molecule has 1 atom stereocenters. The number of thioether (sulfide) groups is 1. The van der Waals surface area contributed by atoms with Crippen LogP contribution in [0.5, 0.6) is 0 Å². The Morgan fingerprint density at radius 2 is 2.26 bits per heavy atom.